The maximum Gasteiger partial charge on any atom is 0.408 e. The molecule has 0 fully saturated rings. The van der Waals surface area contributed by atoms with Gasteiger partial charge in [0.25, 0.3) is 0 Å². The van der Waals surface area contributed by atoms with Gasteiger partial charge >= 0.3 is 6.09 Å². The quantitative estimate of drug-likeness (QED) is 0.338. The summed E-state index contributed by atoms with van der Waals surface area (Å²) in [6.07, 6.45) is -0.0435. The number of ether oxygens (including phenoxy) is 1. The van der Waals surface area contributed by atoms with E-state index in [1.54, 1.807) is 21.6 Å². The van der Waals surface area contributed by atoms with Gasteiger partial charge in [-0.3, -0.25) is 4.79 Å². The minimum atomic E-state index is -0.466. The number of carbonyl (C=O) groups is 2. The molecule has 0 aromatic rings. The largest absolute Gasteiger partial charge is 0.444 e. The summed E-state index contributed by atoms with van der Waals surface area (Å²) >= 11 is 0. The molecule has 6 nitrogen and oxygen atoms in total. The Balaban J connectivity index is 3.27. The average molecular weight is 309 g/mol. The molecule has 4 N–H and O–H groups in total. The van der Waals surface area contributed by atoms with Crippen LogP contribution in [0.4, 0.5) is 4.79 Å². The van der Waals surface area contributed by atoms with E-state index in [4.69, 9.17) is 10.5 Å². The number of hydrogen-bond donors (Lipinski definition) is 3. The van der Waals surface area contributed by atoms with Crippen molar-refractivity contribution in [2.24, 2.45) is 5.73 Å². The standard InChI is InChI=1S/C11H23N3O3S2/c1-11(2,3)17-10(16)14-8-19-18-7-6-13-5-4-9(12)15/h13H,4-8H2,1-3H3,(H2,12,15)(H,14,16). The predicted molar refractivity (Wildman–Crippen MR) is 81.0 cm³/mol. The Morgan fingerprint density at radius 1 is 1.21 bits per heavy atom. The summed E-state index contributed by atoms with van der Waals surface area (Å²) in [5.74, 6) is 1.09. The Bertz CT molecular complexity index is 283. The van der Waals surface area contributed by atoms with E-state index in [1.807, 2.05) is 20.8 Å². The Hall–Kier alpha value is -0.600. The van der Waals surface area contributed by atoms with E-state index in [9.17, 15) is 9.59 Å². The fourth-order valence-electron chi connectivity index (χ4n) is 0.954. The lowest BCUT2D eigenvalue weighted by Crippen LogP contribution is -2.32. The molecule has 8 heteroatoms. The maximum absolute atomic E-state index is 11.3. The van der Waals surface area contributed by atoms with Crippen LogP contribution in [0.25, 0.3) is 0 Å². The summed E-state index contributed by atoms with van der Waals surface area (Å²) in [6, 6.07) is 0. The minimum Gasteiger partial charge on any atom is -0.444 e. The second-order valence-electron chi connectivity index (χ2n) is 4.73. The van der Waals surface area contributed by atoms with Crippen molar-refractivity contribution in [3.05, 3.63) is 0 Å². The van der Waals surface area contributed by atoms with Crippen molar-refractivity contribution >= 4 is 33.6 Å². The van der Waals surface area contributed by atoms with Crippen molar-refractivity contribution in [2.75, 3.05) is 24.7 Å². The zero-order valence-corrected chi connectivity index (χ0v) is 13.3. The third-order valence-electron chi connectivity index (χ3n) is 1.67. The minimum absolute atomic E-state index is 0.295. The fourth-order valence-corrected chi connectivity index (χ4v) is 2.59. The molecule has 0 heterocycles. The van der Waals surface area contributed by atoms with Gasteiger partial charge in [-0.25, -0.2) is 4.79 Å². The summed E-state index contributed by atoms with van der Waals surface area (Å²) in [7, 11) is 3.18. The van der Waals surface area contributed by atoms with Gasteiger partial charge in [0.15, 0.2) is 0 Å². The lowest BCUT2D eigenvalue weighted by molar-refractivity contribution is -0.117. The highest BCUT2D eigenvalue weighted by Gasteiger charge is 2.15. The predicted octanol–water partition coefficient (Wildman–Crippen LogP) is 1.31. The number of alkyl carbamates (subject to hydrolysis) is 1. The van der Waals surface area contributed by atoms with Crippen molar-refractivity contribution in [1.82, 2.24) is 10.6 Å². The van der Waals surface area contributed by atoms with Gasteiger partial charge in [0.2, 0.25) is 5.91 Å². The monoisotopic (exact) mass is 309 g/mol. The molecule has 19 heavy (non-hydrogen) atoms. The van der Waals surface area contributed by atoms with Crippen LogP contribution in [0, 0.1) is 0 Å². The molecule has 0 aliphatic heterocycles. The van der Waals surface area contributed by atoms with E-state index in [2.05, 4.69) is 10.6 Å². The van der Waals surface area contributed by atoms with Gasteiger partial charge in [-0.05, 0) is 20.8 Å². The van der Waals surface area contributed by atoms with Gasteiger partial charge in [0.1, 0.15) is 5.60 Å². The second kappa shape index (κ2) is 10.2. The first kappa shape index (κ1) is 18.4. The van der Waals surface area contributed by atoms with Crippen molar-refractivity contribution in [2.45, 2.75) is 32.8 Å². The normalized spacial score (nSPS) is 11.1. The third kappa shape index (κ3) is 15.3. The van der Waals surface area contributed by atoms with Crippen molar-refractivity contribution in [3.63, 3.8) is 0 Å². The number of nitrogens with one attached hydrogen (secondary N) is 2. The smallest absolute Gasteiger partial charge is 0.408 e. The molecule has 2 amide bonds. The molecule has 0 radical (unpaired) electrons. The summed E-state index contributed by atoms with van der Waals surface area (Å²) in [4.78, 5) is 21.7. The molecule has 0 aromatic heterocycles. The number of amides is 2. The molecule has 0 saturated heterocycles. The SMILES string of the molecule is CC(C)(C)OC(=O)NCSSCCNCCC(N)=O. The van der Waals surface area contributed by atoms with Crippen LogP contribution in [-0.4, -0.2) is 42.3 Å². The number of hydrogen-bond acceptors (Lipinski definition) is 6. The van der Waals surface area contributed by atoms with Crippen molar-refractivity contribution in [1.29, 1.82) is 0 Å². The van der Waals surface area contributed by atoms with E-state index in [0.717, 1.165) is 12.3 Å². The van der Waals surface area contributed by atoms with Gasteiger partial charge in [-0.2, -0.15) is 0 Å². The highest BCUT2D eigenvalue weighted by Crippen LogP contribution is 2.18. The first-order valence-corrected chi connectivity index (χ1v) is 8.50. The second-order valence-corrected chi connectivity index (χ2v) is 7.31. The Kier molecular flexibility index (Phi) is 9.90. The molecule has 0 spiro atoms. The molecule has 0 bridgehead atoms. The molecular formula is C11H23N3O3S2. The molecule has 0 rings (SSSR count). The van der Waals surface area contributed by atoms with Crippen LogP contribution in [0.1, 0.15) is 27.2 Å². The zero-order valence-electron chi connectivity index (χ0n) is 11.7. The molecular weight excluding hydrogens is 286 g/mol. The van der Waals surface area contributed by atoms with Crippen molar-refractivity contribution in [3.8, 4) is 0 Å². The lowest BCUT2D eigenvalue weighted by atomic mass is 10.2. The average Bonchev–Trinajstić information content (AvgIpc) is 2.24. The van der Waals surface area contributed by atoms with Gasteiger partial charge < -0.3 is 21.1 Å². The van der Waals surface area contributed by atoms with Crippen LogP contribution < -0.4 is 16.4 Å². The fraction of sp³-hybridized carbons (Fsp3) is 0.818. The lowest BCUT2D eigenvalue weighted by Gasteiger charge is -2.19. The van der Waals surface area contributed by atoms with E-state index in [1.165, 1.54) is 0 Å². The first-order chi connectivity index (χ1) is 8.81. The summed E-state index contributed by atoms with van der Waals surface area (Å²) < 4.78 is 5.09. The summed E-state index contributed by atoms with van der Waals surface area (Å²) in [6.45, 7) is 6.89. The first-order valence-electron chi connectivity index (χ1n) is 6.01. The number of nitrogens with two attached hydrogens (primary N) is 1. The maximum atomic E-state index is 11.3. The van der Waals surface area contributed by atoms with Crippen LogP contribution in [0.2, 0.25) is 0 Å². The number of primary amides is 1. The van der Waals surface area contributed by atoms with E-state index in [-0.39, 0.29) is 5.91 Å². The molecule has 0 atom stereocenters. The topological polar surface area (TPSA) is 93.4 Å². The third-order valence-corrected chi connectivity index (χ3v) is 3.82. The van der Waals surface area contributed by atoms with Crippen LogP contribution in [0.15, 0.2) is 0 Å². The van der Waals surface area contributed by atoms with Crippen LogP contribution in [-0.2, 0) is 9.53 Å². The molecule has 0 saturated carbocycles. The number of carbonyl (C=O) groups excluding carboxylic acids is 2. The Morgan fingerprint density at radius 2 is 1.89 bits per heavy atom. The van der Waals surface area contributed by atoms with Crippen LogP contribution in [0.3, 0.4) is 0 Å². The van der Waals surface area contributed by atoms with Gasteiger partial charge in [-0.15, -0.1) is 0 Å². The van der Waals surface area contributed by atoms with Gasteiger partial charge in [-0.1, -0.05) is 21.6 Å². The van der Waals surface area contributed by atoms with E-state index >= 15 is 0 Å². The van der Waals surface area contributed by atoms with Crippen LogP contribution >= 0.6 is 21.6 Å². The summed E-state index contributed by atoms with van der Waals surface area (Å²) in [5, 5.41) is 5.76. The van der Waals surface area contributed by atoms with Crippen LogP contribution in [0.5, 0.6) is 0 Å². The zero-order chi connectivity index (χ0) is 14.7. The van der Waals surface area contributed by atoms with E-state index < -0.39 is 11.7 Å². The Morgan fingerprint density at radius 3 is 2.47 bits per heavy atom. The molecule has 0 aliphatic carbocycles. The highest BCUT2D eigenvalue weighted by atomic mass is 33.1. The highest BCUT2D eigenvalue weighted by molar-refractivity contribution is 8.76. The molecule has 112 valence electrons. The molecule has 0 aliphatic rings. The van der Waals surface area contributed by atoms with E-state index in [0.29, 0.717) is 18.8 Å². The number of rotatable bonds is 9. The van der Waals surface area contributed by atoms with Crippen molar-refractivity contribution < 1.29 is 14.3 Å². The molecule has 0 unspecified atom stereocenters. The van der Waals surface area contributed by atoms with Gasteiger partial charge in [0, 0.05) is 25.3 Å². The molecule has 0 aromatic carbocycles. The van der Waals surface area contributed by atoms with Gasteiger partial charge in [0.05, 0.1) is 5.88 Å². The Labute approximate surface area is 122 Å². The summed E-state index contributed by atoms with van der Waals surface area (Å²) in [5.41, 5.74) is 4.54.